The molecule has 2 atom stereocenters. The average molecular weight is 661 g/mol. The number of ether oxygens (including phenoxy) is 4. The van der Waals surface area contributed by atoms with Crippen LogP contribution in [0.25, 0.3) is 11.1 Å². The fourth-order valence-corrected chi connectivity index (χ4v) is 6.08. The van der Waals surface area contributed by atoms with Gasteiger partial charge in [0.1, 0.15) is 12.2 Å². The van der Waals surface area contributed by atoms with E-state index < -0.39 is 0 Å². The van der Waals surface area contributed by atoms with E-state index >= 15 is 0 Å². The molecule has 0 bridgehead atoms. The summed E-state index contributed by atoms with van der Waals surface area (Å²) in [4.78, 5) is 4.57. The number of hydrogen-bond acceptors (Lipinski definition) is 6. The first-order valence-electron chi connectivity index (χ1n) is 17.2. The molecule has 0 saturated carbocycles. The molecule has 0 N–H and O–H groups in total. The molecule has 0 radical (unpaired) electrons. The predicted octanol–water partition coefficient (Wildman–Crippen LogP) is 10.1. The van der Waals surface area contributed by atoms with E-state index in [-0.39, 0.29) is 12.2 Å². The van der Waals surface area contributed by atoms with E-state index in [0.717, 1.165) is 69.6 Å². The van der Waals surface area contributed by atoms with Gasteiger partial charge in [0.15, 0.2) is 0 Å². The van der Waals surface area contributed by atoms with Crippen LogP contribution in [0.1, 0.15) is 11.1 Å². The van der Waals surface area contributed by atoms with Crippen molar-refractivity contribution in [3.05, 3.63) is 169 Å². The topological polar surface area (TPSA) is 50.0 Å². The van der Waals surface area contributed by atoms with E-state index in [1.165, 1.54) is 0 Å². The van der Waals surface area contributed by atoms with E-state index in [1.54, 1.807) is 0 Å². The van der Waals surface area contributed by atoms with Gasteiger partial charge >= 0.3 is 0 Å². The highest BCUT2D eigenvalue weighted by Gasteiger charge is 2.23. The monoisotopic (exact) mass is 660 g/mol. The predicted molar refractivity (Wildman–Crippen MR) is 200 cm³/mol. The highest BCUT2D eigenvalue weighted by molar-refractivity contribution is 5.80. The Morgan fingerprint density at radius 3 is 1.02 bits per heavy atom. The van der Waals surface area contributed by atoms with Gasteiger partial charge in [0.2, 0.25) is 0 Å². The van der Waals surface area contributed by atoms with E-state index in [0.29, 0.717) is 26.4 Å². The van der Waals surface area contributed by atoms with Crippen LogP contribution in [0.15, 0.2) is 158 Å². The highest BCUT2D eigenvalue weighted by atomic mass is 16.6. The Morgan fingerprint density at radius 1 is 0.400 bits per heavy atom. The Balaban J connectivity index is 1.01. The van der Waals surface area contributed by atoms with Gasteiger partial charge in [-0.1, -0.05) is 84.9 Å². The first kappa shape index (κ1) is 32.0. The van der Waals surface area contributed by atoms with Crippen LogP contribution in [0, 0.1) is 0 Å². The Morgan fingerprint density at radius 2 is 0.700 bits per heavy atom. The second-order valence-corrected chi connectivity index (χ2v) is 12.7. The van der Waals surface area contributed by atoms with Gasteiger partial charge in [0.05, 0.1) is 39.6 Å². The van der Waals surface area contributed by atoms with Crippen molar-refractivity contribution in [2.24, 2.45) is 0 Å². The summed E-state index contributed by atoms with van der Waals surface area (Å²) in [6.45, 7) is 4.09. The van der Waals surface area contributed by atoms with Gasteiger partial charge in [-0.25, -0.2) is 0 Å². The van der Waals surface area contributed by atoms with Crippen LogP contribution in [0.2, 0.25) is 0 Å². The molecular formula is C44H40N2O4. The molecule has 6 heteroatoms. The van der Waals surface area contributed by atoms with Crippen LogP contribution < -0.4 is 9.80 Å². The van der Waals surface area contributed by atoms with Gasteiger partial charge in [-0.2, -0.15) is 0 Å². The third-order valence-electron chi connectivity index (χ3n) is 8.95. The lowest BCUT2D eigenvalue weighted by molar-refractivity contribution is 0.104. The summed E-state index contributed by atoms with van der Waals surface area (Å²) >= 11 is 0. The van der Waals surface area contributed by atoms with Crippen LogP contribution in [-0.2, 0) is 32.2 Å². The summed E-state index contributed by atoms with van der Waals surface area (Å²) in [6, 6.07) is 55.8. The zero-order chi connectivity index (χ0) is 33.5. The summed E-state index contributed by atoms with van der Waals surface area (Å²) in [5.74, 6) is 0. The summed E-state index contributed by atoms with van der Waals surface area (Å²) in [6.07, 6.45) is 0.546. The van der Waals surface area contributed by atoms with Crippen LogP contribution in [0.4, 0.5) is 34.1 Å². The van der Waals surface area contributed by atoms with Crippen molar-refractivity contribution in [2.75, 3.05) is 36.2 Å². The van der Waals surface area contributed by atoms with Gasteiger partial charge < -0.3 is 28.7 Å². The lowest BCUT2D eigenvalue weighted by atomic mass is 10.0. The minimum absolute atomic E-state index is 0.273. The maximum atomic E-state index is 5.81. The lowest BCUT2D eigenvalue weighted by Crippen LogP contribution is -2.10. The van der Waals surface area contributed by atoms with E-state index in [2.05, 4.69) is 168 Å². The maximum absolute atomic E-state index is 5.81. The zero-order valence-electron chi connectivity index (χ0n) is 27.9. The lowest BCUT2D eigenvalue weighted by Gasteiger charge is -2.26. The second-order valence-electron chi connectivity index (χ2n) is 12.7. The number of benzene rings is 6. The molecule has 250 valence electrons. The molecular weight excluding hydrogens is 620 g/mol. The number of para-hydroxylation sites is 2. The van der Waals surface area contributed by atoms with Crippen molar-refractivity contribution in [3.63, 3.8) is 0 Å². The van der Waals surface area contributed by atoms with Crippen LogP contribution in [-0.4, -0.2) is 38.6 Å². The summed E-state index contributed by atoms with van der Waals surface area (Å²) in [5.41, 5.74) is 11.2. The number of epoxide rings is 2. The Hall–Kier alpha value is -5.24. The first-order valence-corrected chi connectivity index (χ1v) is 17.2. The van der Waals surface area contributed by atoms with Gasteiger partial charge in [-0.3, -0.25) is 0 Å². The van der Waals surface area contributed by atoms with E-state index in [4.69, 9.17) is 18.9 Å². The van der Waals surface area contributed by atoms with Crippen molar-refractivity contribution in [3.8, 4) is 11.1 Å². The molecule has 2 aliphatic rings. The number of hydrogen-bond donors (Lipinski definition) is 0. The second kappa shape index (κ2) is 15.1. The molecule has 0 aromatic heterocycles. The van der Waals surface area contributed by atoms with Crippen LogP contribution in [0.5, 0.6) is 0 Å². The minimum atomic E-state index is 0.273. The largest absolute Gasteiger partial charge is 0.374 e. The molecule has 2 fully saturated rings. The quantitative estimate of drug-likeness (QED) is 0.102. The molecule has 2 unspecified atom stereocenters. The zero-order valence-corrected chi connectivity index (χ0v) is 27.9. The van der Waals surface area contributed by atoms with Crippen molar-refractivity contribution in [1.82, 2.24) is 0 Å². The van der Waals surface area contributed by atoms with Gasteiger partial charge in [0.25, 0.3) is 0 Å². The number of nitrogens with zero attached hydrogens (tertiary/aromatic N) is 2. The summed E-state index contributed by atoms with van der Waals surface area (Å²) in [7, 11) is 0. The maximum Gasteiger partial charge on any atom is 0.104 e. The Labute approximate surface area is 294 Å². The Bertz CT molecular complexity index is 1790. The first-order chi connectivity index (χ1) is 24.8. The van der Waals surface area contributed by atoms with Crippen LogP contribution in [0.3, 0.4) is 0 Å². The minimum Gasteiger partial charge on any atom is -0.374 e. The molecule has 50 heavy (non-hydrogen) atoms. The van der Waals surface area contributed by atoms with Crippen molar-refractivity contribution in [1.29, 1.82) is 0 Å². The third-order valence-corrected chi connectivity index (χ3v) is 8.95. The van der Waals surface area contributed by atoms with Gasteiger partial charge in [-0.15, -0.1) is 0 Å². The molecule has 8 rings (SSSR count). The fraction of sp³-hybridized carbons (Fsp3) is 0.182. The molecule has 2 saturated heterocycles. The normalized spacial score (nSPS) is 16.2. The molecule has 0 spiro atoms. The fourth-order valence-electron chi connectivity index (χ4n) is 6.08. The summed E-state index contributed by atoms with van der Waals surface area (Å²) in [5, 5.41) is 0. The molecule has 0 aliphatic carbocycles. The molecule has 6 aromatic rings. The van der Waals surface area contributed by atoms with Gasteiger partial charge in [0, 0.05) is 34.1 Å². The SMILES string of the molecule is c1ccc(N(c2ccc(COCC3CO3)cc2)c2ccc(-c3ccc(N(c4ccccc4)c4ccc(COCC5CO5)cc4)cc3)cc2)cc1. The molecule has 2 aliphatic heterocycles. The molecule has 2 heterocycles. The summed E-state index contributed by atoms with van der Waals surface area (Å²) < 4.78 is 22.1. The molecule has 0 amide bonds. The molecule has 6 aromatic carbocycles. The average Bonchev–Trinajstić information content (AvgIpc) is 4.12. The smallest absolute Gasteiger partial charge is 0.104 e. The van der Waals surface area contributed by atoms with Crippen molar-refractivity contribution >= 4 is 34.1 Å². The van der Waals surface area contributed by atoms with Crippen molar-refractivity contribution in [2.45, 2.75) is 25.4 Å². The Kier molecular flexibility index (Phi) is 9.67. The number of rotatable bonds is 15. The molecule has 6 nitrogen and oxygen atoms in total. The van der Waals surface area contributed by atoms with Crippen molar-refractivity contribution < 1.29 is 18.9 Å². The van der Waals surface area contributed by atoms with Gasteiger partial charge in [-0.05, 0) is 95.1 Å². The van der Waals surface area contributed by atoms with E-state index in [9.17, 15) is 0 Å². The van der Waals surface area contributed by atoms with E-state index in [1.807, 2.05) is 0 Å². The number of anilines is 6. The standard InChI is InChI=1S/C44H40N2O4/c1-3-7-37(8-4-1)45(39-19-11-33(12-20-39)27-47-29-43-31-49-43)41-23-15-35(16-24-41)36-17-25-42(26-18-36)46(38-9-5-2-6-10-38)40-21-13-34(14-22-40)28-48-30-44-32-50-44/h1-26,43-44H,27-32H2. The van der Waals surface area contributed by atoms with Crippen LogP contribution >= 0.6 is 0 Å². The highest BCUT2D eigenvalue weighted by Crippen LogP contribution is 2.38. The third kappa shape index (κ3) is 7.96.